The van der Waals surface area contributed by atoms with Gasteiger partial charge in [0.1, 0.15) is 17.7 Å². The van der Waals surface area contributed by atoms with Gasteiger partial charge in [-0.15, -0.1) is 0 Å². The molecule has 0 saturated carbocycles. The van der Waals surface area contributed by atoms with Gasteiger partial charge >= 0.3 is 5.69 Å². The van der Waals surface area contributed by atoms with Crippen molar-refractivity contribution in [2.24, 2.45) is 0 Å². The van der Waals surface area contributed by atoms with Crippen molar-refractivity contribution in [3.05, 3.63) is 59.0 Å². The number of benzene rings is 1. The summed E-state index contributed by atoms with van der Waals surface area (Å²) < 4.78 is 21.7. The van der Waals surface area contributed by atoms with Gasteiger partial charge in [0.05, 0.1) is 18.4 Å². The maximum atomic E-state index is 13.0. The van der Waals surface area contributed by atoms with E-state index in [9.17, 15) is 9.18 Å². The zero-order valence-corrected chi connectivity index (χ0v) is 12.8. The van der Waals surface area contributed by atoms with Crippen LogP contribution in [0.25, 0.3) is 16.9 Å². The molecule has 24 heavy (non-hydrogen) atoms. The van der Waals surface area contributed by atoms with Crippen molar-refractivity contribution < 1.29 is 14.2 Å². The van der Waals surface area contributed by atoms with Gasteiger partial charge in [-0.1, -0.05) is 0 Å². The molecule has 2 aromatic heterocycles. The summed E-state index contributed by atoms with van der Waals surface area (Å²) in [5.41, 5.74) is 1.61. The van der Waals surface area contributed by atoms with Gasteiger partial charge < -0.3 is 9.84 Å². The SMILES string of the molecule is O=c1n([C@H]2CC[C@@H](CO)O2)ccc2nc(-c3ccc(F)cc3)cn12. The average Bonchev–Trinajstić information content (AvgIpc) is 3.23. The first kappa shape index (κ1) is 15.0. The predicted octanol–water partition coefficient (Wildman–Crippen LogP) is 1.97. The molecular formula is C17H16FN3O3. The van der Waals surface area contributed by atoms with E-state index in [1.54, 1.807) is 30.6 Å². The number of hydrogen-bond acceptors (Lipinski definition) is 4. The van der Waals surface area contributed by atoms with Crippen molar-refractivity contribution in [3.8, 4) is 11.3 Å². The summed E-state index contributed by atoms with van der Waals surface area (Å²) in [6.45, 7) is -0.0483. The number of fused-ring (bicyclic) bond motifs is 1. The molecule has 124 valence electrons. The molecule has 0 bridgehead atoms. The van der Waals surface area contributed by atoms with E-state index < -0.39 is 0 Å². The van der Waals surface area contributed by atoms with Crippen LogP contribution in [0, 0.1) is 5.82 Å². The summed E-state index contributed by atoms with van der Waals surface area (Å²) >= 11 is 0. The van der Waals surface area contributed by atoms with E-state index >= 15 is 0 Å². The first-order valence-electron chi connectivity index (χ1n) is 7.78. The van der Waals surface area contributed by atoms with Crippen molar-refractivity contribution in [1.82, 2.24) is 14.0 Å². The number of rotatable bonds is 3. The van der Waals surface area contributed by atoms with E-state index in [2.05, 4.69) is 4.98 Å². The fourth-order valence-corrected chi connectivity index (χ4v) is 3.01. The molecule has 3 aromatic rings. The normalized spacial score (nSPS) is 20.8. The highest BCUT2D eigenvalue weighted by Crippen LogP contribution is 2.27. The number of aromatic nitrogens is 3. The smallest absolute Gasteiger partial charge is 0.336 e. The van der Waals surface area contributed by atoms with Crippen LogP contribution in [-0.2, 0) is 4.74 Å². The number of imidazole rings is 1. The monoisotopic (exact) mass is 329 g/mol. The molecule has 1 fully saturated rings. The number of nitrogens with zero attached hydrogens (tertiary/aromatic N) is 3. The summed E-state index contributed by atoms with van der Waals surface area (Å²) in [6, 6.07) is 7.71. The van der Waals surface area contributed by atoms with Crippen LogP contribution < -0.4 is 5.69 Å². The van der Waals surface area contributed by atoms with Crippen LogP contribution in [0.2, 0.25) is 0 Å². The second-order valence-electron chi connectivity index (χ2n) is 5.84. The van der Waals surface area contributed by atoms with Gasteiger partial charge in [-0.2, -0.15) is 0 Å². The maximum absolute atomic E-state index is 13.0. The minimum absolute atomic E-state index is 0.0483. The standard InChI is InChI=1S/C17H16FN3O3/c18-12-3-1-11(2-4-12)14-9-21-15(19-14)7-8-20(17(21)23)16-6-5-13(10-22)24-16/h1-4,7-9,13,16,22H,5-6,10H2/t13-,16+/m0/s1. The minimum Gasteiger partial charge on any atom is -0.394 e. The molecule has 0 aliphatic carbocycles. The Balaban J connectivity index is 1.74. The van der Waals surface area contributed by atoms with E-state index in [-0.39, 0.29) is 30.4 Å². The summed E-state index contributed by atoms with van der Waals surface area (Å²) in [7, 11) is 0. The summed E-state index contributed by atoms with van der Waals surface area (Å²) in [4.78, 5) is 17.1. The molecule has 0 unspecified atom stereocenters. The van der Waals surface area contributed by atoms with Crippen LogP contribution in [0.4, 0.5) is 4.39 Å². The van der Waals surface area contributed by atoms with Crippen LogP contribution in [-0.4, -0.2) is 31.8 Å². The first-order valence-corrected chi connectivity index (χ1v) is 7.78. The predicted molar refractivity (Wildman–Crippen MR) is 85.1 cm³/mol. The molecule has 1 aromatic carbocycles. The van der Waals surface area contributed by atoms with Gasteiger partial charge in [0.2, 0.25) is 0 Å². The van der Waals surface area contributed by atoms with Crippen molar-refractivity contribution in [2.75, 3.05) is 6.61 Å². The Kier molecular flexibility index (Phi) is 3.66. The third-order valence-electron chi connectivity index (χ3n) is 4.28. The lowest BCUT2D eigenvalue weighted by molar-refractivity contribution is -0.0247. The second-order valence-corrected chi connectivity index (χ2v) is 5.84. The molecule has 0 amide bonds. The molecule has 4 rings (SSSR count). The van der Waals surface area contributed by atoms with Crippen LogP contribution in [0.3, 0.4) is 0 Å². The molecule has 7 heteroatoms. The van der Waals surface area contributed by atoms with E-state index in [1.807, 2.05) is 0 Å². The van der Waals surface area contributed by atoms with Crippen molar-refractivity contribution in [2.45, 2.75) is 25.2 Å². The lowest BCUT2D eigenvalue weighted by atomic mass is 10.2. The van der Waals surface area contributed by atoms with Gasteiger partial charge in [0.15, 0.2) is 0 Å². The minimum atomic E-state index is -0.379. The molecule has 6 nitrogen and oxygen atoms in total. The van der Waals surface area contributed by atoms with Gasteiger partial charge in [-0.25, -0.2) is 14.2 Å². The lowest BCUT2D eigenvalue weighted by Crippen LogP contribution is -2.29. The molecule has 1 saturated heterocycles. The van der Waals surface area contributed by atoms with Gasteiger partial charge in [-0.05, 0) is 43.2 Å². The summed E-state index contributed by atoms with van der Waals surface area (Å²) in [5, 5.41) is 9.17. The third kappa shape index (κ3) is 2.51. The molecule has 3 heterocycles. The third-order valence-corrected chi connectivity index (χ3v) is 4.28. The Morgan fingerprint density at radius 2 is 2.04 bits per heavy atom. The van der Waals surface area contributed by atoms with Crippen molar-refractivity contribution >= 4 is 5.65 Å². The van der Waals surface area contributed by atoms with Crippen molar-refractivity contribution in [1.29, 1.82) is 0 Å². The zero-order valence-electron chi connectivity index (χ0n) is 12.8. The Bertz CT molecular complexity index is 932. The highest BCUT2D eigenvalue weighted by Gasteiger charge is 2.27. The van der Waals surface area contributed by atoms with Gasteiger partial charge in [0.25, 0.3) is 0 Å². The van der Waals surface area contributed by atoms with Gasteiger partial charge in [0, 0.05) is 18.0 Å². The zero-order chi connectivity index (χ0) is 16.7. The molecule has 1 aliphatic heterocycles. The average molecular weight is 329 g/mol. The number of hydrogen-bond donors (Lipinski definition) is 1. The van der Waals surface area contributed by atoms with Gasteiger partial charge in [-0.3, -0.25) is 8.97 Å². The van der Waals surface area contributed by atoms with Crippen LogP contribution in [0.5, 0.6) is 0 Å². The van der Waals surface area contributed by atoms with E-state index in [0.29, 0.717) is 17.8 Å². The fraction of sp³-hybridized carbons (Fsp3) is 0.294. The lowest BCUT2D eigenvalue weighted by Gasteiger charge is -2.14. The Morgan fingerprint density at radius 1 is 1.25 bits per heavy atom. The highest BCUT2D eigenvalue weighted by molar-refractivity contribution is 5.62. The second kappa shape index (κ2) is 5.85. The van der Waals surface area contributed by atoms with Crippen LogP contribution in [0.15, 0.2) is 47.5 Å². The van der Waals surface area contributed by atoms with E-state index in [1.165, 1.54) is 21.1 Å². The molecule has 0 radical (unpaired) electrons. The fourth-order valence-electron chi connectivity index (χ4n) is 3.01. The molecule has 1 N–H and O–H groups in total. The first-order chi connectivity index (χ1) is 11.7. The number of ether oxygens (including phenoxy) is 1. The Hall–Kier alpha value is -2.51. The van der Waals surface area contributed by atoms with Crippen molar-refractivity contribution in [3.63, 3.8) is 0 Å². The Labute approximate surface area is 136 Å². The van der Waals surface area contributed by atoms with Crippen LogP contribution in [0.1, 0.15) is 19.1 Å². The quantitative estimate of drug-likeness (QED) is 0.798. The van der Waals surface area contributed by atoms with Crippen LogP contribution >= 0.6 is 0 Å². The molecule has 1 aliphatic rings. The van der Waals surface area contributed by atoms with E-state index in [0.717, 1.165) is 12.0 Å². The number of aliphatic hydroxyl groups excluding tert-OH is 1. The summed E-state index contributed by atoms with van der Waals surface area (Å²) in [5.74, 6) is -0.318. The van der Waals surface area contributed by atoms with E-state index in [4.69, 9.17) is 9.84 Å². The number of halogens is 1. The number of aliphatic hydroxyl groups is 1. The molecular weight excluding hydrogens is 313 g/mol. The molecule has 2 atom stereocenters. The Morgan fingerprint density at radius 3 is 2.75 bits per heavy atom. The highest BCUT2D eigenvalue weighted by atomic mass is 19.1. The maximum Gasteiger partial charge on any atom is 0.336 e. The largest absolute Gasteiger partial charge is 0.394 e. The molecule has 0 spiro atoms. The topological polar surface area (TPSA) is 68.8 Å². The summed E-state index contributed by atoms with van der Waals surface area (Å²) in [6.07, 6.45) is 4.08.